The van der Waals surface area contributed by atoms with E-state index < -0.39 is 17.9 Å². The highest BCUT2D eigenvalue weighted by molar-refractivity contribution is 6.08. The lowest BCUT2D eigenvalue weighted by molar-refractivity contribution is -0.133. The number of nitrogens with zero attached hydrogens (tertiary/aromatic N) is 1. The van der Waals surface area contributed by atoms with Gasteiger partial charge in [-0.1, -0.05) is 19.1 Å². The van der Waals surface area contributed by atoms with Crippen molar-refractivity contribution in [2.75, 3.05) is 4.90 Å². The molecule has 0 bridgehead atoms. The van der Waals surface area contributed by atoms with Crippen molar-refractivity contribution in [3.63, 3.8) is 0 Å². The molecule has 2 rings (SSSR count). The van der Waals surface area contributed by atoms with E-state index in [0.29, 0.717) is 12.0 Å². The summed E-state index contributed by atoms with van der Waals surface area (Å²) in [7, 11) is 0. The lowest BCUT2D eigenvalue weighted by atomic mass is 10.0. The van der Waals surface area contributed by atoms with Crippen LogP contribution in [-0.2, 0) is 9.59 Å². The summed E-state index contributed by atoms with van der Waals surface area (Å²) < 4.78 is 14.0. The van der Waals surface area contributed by atoms with E-state index in [0.717, 1.165) is 0 Å². The molecule has 0 spiro atoms. The summed E-state index contributed by atoms with van der Waals surface area (Å²) in [6.45, 7) is 5.14. The van der Waals surface area contributed by atoms with E-state index in [1.165, 1.54) is 11.0 Å². The number of carbonyl (C=O) groups excluding carboxylic acids is 2. The van der Waals surface area contributed by atoms with Crippen LogP contribution in [0.5, 0.6) is 0 Å². The molecule has 0 aromatic heterocycles. The maximum atomic E-state index is 14.0. The van der Waals surface area contributed by atoms with Crippen LogP contribution in [0.25, 0.3) is 0 Å². The first kappa shape index (κ1) is 13.5. The predicted octanol–water partition coefficient (Wildman–Crippen LogP) is 1.76. The fourth-order valence-corrected chi connectivity index (χ4v) is 2.34. The third-order valence-corrected chi connectivity index (χ3v) is 3.46. The van der Waals surface area contributed by atoms with Crippen molar-refractivity contribution in [3.05, 3.63) is 29.6 Å². The van der Waals surface area contributed by atoms with Gasteiger partial charge in [0.1, 0.15) is 17.9 Å². The summed E-state index contributed by atoms with van der Waals surface area (Å²) in [5.74, 6) is -0.998. The summed E-state index contributed by atoms with van der Waals surface area (Å²) >= 11 is 0. The Bertz CT molecular complexity index is 510. The van der Waals surface area contributed by atoms with Crippen molar-refractivity contribution in [3.8, 4) is 0 Å². The smallest absolute Gasteiger partial charge is 0.250 e. The number of carbonyl (C=O) groups is 2. The van der Waals surface area contributed by atoms with Crippen LogP contribution in [0.1, 0.15) is 25.8 Å². The van der Waals surface area contributed by atoms with Gasteiger partial charge in [0.25, 0.3) is 0 Å². The number of amides is 2. The Kier molecular flexibility index (Phi) is 3.55. The number of nitrogens with one attached hydrogen (secondary N) is 1. The average Bonchev–Trinajstić information content (AvgIpc) is 2.37. The Hall–Kier alpha value is -1.91. The van der Waals surface area contributed by atoms with E-state index in [4.69, 9.17) is 0 Å². The molecule has 5 heteroatoms. The summed E-state index contributed by atoms with van der Waals surface area (Å²) in [5, 5.41) is 2.65. The molecule has 1 aromatic rings. The predicted molar refractivity (Wildman–Crippen MR) is 70.3 cm³/mol. The van der Waals surface area contributed by atoms with E-state index in [-0.39, 0.29) is 17.5 Å². The van der Waals surface area contributed by atoms with Crippen molar-refractivity contribution in [2.45, 2.75) is 39.3 Å². The second kappa shape index (κ2) is 4.99. The average molecular weight is 264 g/mol. The minimum atomic E-state index is -0.703. The van der Waals surface area contributed by atoms with E-state index in [2.05, 4.69) is 5.32 Å². The Morgan fingerprint density at radius 1 is 1.37 bits per heavy atom. The van der Waals surface area contributed by atoms with E-state index in [9.17, 15) is 14.0 Å². The van der Waals surface area contributed by atoms with Gasteiger partial charge in [-0.15, -0.1) is 0 Å². The first-order chi connectivity index (χ1) is 8.97. The zero-order chi connectivity index (χ0) is 14.2. The molecule has 0 aliphatic carbocycles. The van der Waals surface area contributed by atoms with Crippen molar-refractivity contribution in [2.24, 2.45) is 0 Å². The minimum Gasteiger partial charge on any atom is -0.343 e. The zero-order valence-electron chi connectivity index (χ0n) is 11.2. The van der Waals surface area contributed by atoms with Gasteiger partial charge in [-0.3, -0.25) is 14.5 Å². The van der Waals surface area contributed by atoms with Gasteiger partial charge in [0.2, 0.25) is 11.8 Å². The molecule has 1 fully saturated rings. The molecule has 2 unspecified atom stereocenters. The molecular formula is C14H17FN2O2. The molecule has 1 N–H and O–H groups in total. The first-order valence-electron chi connectivity index (χ1n) is 6.36. The van der Waals surface area contributed by atoms with Crippen LogP contribution in [0.3, 0.4) is 0 Å². The summed E-state index contributed by atoms with van der Waals surface area (Å²) in [6, 6.07) is 3.33. The third kappa shape index (κ3) is 2.20. The number of aryl methyl sites for hydroxylation is 1. The van der Waals surface area contributed by atoms with Gasteiger partial charge in [-0.05, 0) is 31.9 Å². The molecule has 4 nitrogen and oxygen atoms in total. The molecule has 1 aliphatic rings. The number of halogens is 1. The van der Waals surface area contributed by atoms with Gasteiger partial charge >= 0.3 is 0 Å². The normalized spacial score (nSPS) is 23.5. The summed E-state index contributed by atoms with van der Waals surface area (Å²) in [4.78, 5) is 25.5. The minimum absolute atomic E-state index is 0.202. The zero-order valence-corrected chi connectivity index (χ0v) is 11.2. The number of benzene rings is 1. The number of piperazine rings is 1. The molecule has 1 saturated heterocycles. The van der Waals surface area contributed by atoms with Crippen molar-refractivity contribution in [1.29, 1.82) is 0 Å². The second-order valence-electron chi connectivity index (χ2n) is 4.76. The summed E-state index contributed by atoms with van der Waals surface area (Å²) in [6.07, 6.45) is 0.487. The standard InChI is InChI=1S/C14H17FN2O2/c1-4-11-14(19)17(9(3)13(18)16-11)12-8(2)6-5-7-10(12)15/h5-7,9,11H,4H2,1-3H3,(H,16,18). The van der Waals surface area contributed by atoms with Crippen molar-refractivity contribution < 1.29 is 14.0 Å². The molecule has 102 valence electrons. The fourth-order valence-electron chi connectivity index (χ4n) is 2.34. The van der Waals surface area contributed by atoms with Gasteiger partial charge in [0.05, 0.1) is 5.69 Å². The van der Waals surface area contributed by atoms with Crippen LogP contribution in [0.4, 0.5) is 10.1 Å². The Balaban J connectivity index is 2.51. The molecule has 19 heavy (non-hydrogen) atoms. The van der Waals surface area contributed by atoms with E-state index in [1.54, 1.807) is 26.0 Å². The van der Waals surface area contributed by atoms with Crippen molar-refractivity contribution in [1.82, 2.24) is 5.32 Å². The second-order valence-corrected chi connectivity index (χ2v) is 4.76. The highest BCUT2D eigenvalue weighted by Gasteiger charge is 2.39. The van der Waals surface area contributed by atoms with Crippen LogP contribution >= 0.6 is 0 Å². The number of rotatable bonds is 2. The molecule has 0 radical (unpaired) electrons. The molecule has 1 heterocycles. The van der Waals surface area contributed by atoms with Gasteiger partial charge in [-0.25, -0.2) is 4.39 Å². The van der Waals surface area contributed by atoms with Crippen LogP contribution in [0.15, 0.2) is 18.2 Å². The monoisotopic (exact) mass is 264 g/mol. The Morgan fingerprint density at radius 3 is 2.63 bits per heavy atom. The molecule has 0 saturated carbocycles. The van der Waals surface area contributed by atoms with E-state index in [1.807, 2.05) is 6.92 Å². The number of para-hydroxylation sites is 1. The molecule has 2 atom stereocenters. The topological polar surface area (TPSA) is 49.4 Å². The maximum absolute atomic E-state index is 14.0. The molecular weight excluding hydrogens is 247 g/mol. The largest absolute Gasteiger partial charge is 0.343 e. The van der Waals surface area contributed by atoms with Gasteiger partial charge in [0, 0.05) is 0 Å². The highest BCUT2D eigenvalue weighted by Crippen LogP contribution is 2.28. The lowest BCUT2D eigenvalue weighted by Crippen LogP contribution is -2.62. The lowest BCUT2D eigenvalue weighted by Gasteiger charge is -2.37. The Labute approximate surface area is 111 Å². The van der Waals surface area contributed by atoms with Crippen LogP contribution in [-0.4, -0.2) is 23.9 Å². The third-order valence-electron chi connectivity index (χ3n) is 3.46. The summed E-state index contributed by atoms with van der Waals surface area (Å²) in [5.41, 5.74) is 0.845. The van der Waals surface area contributed by atoms with Gasteiger partial charge < -0.3 is 5.32 Å². The number of anilines is 1. The molecule has 2 amide bonds. The number of hydrogen-bond donors (Lipinski definition) is 1. The molecule has 1 aromatic carbocycles. The SMILES string of the molecule is CCC1NC(=O)C(C)N(c2c(C)cccc2F)C1=O. The van der Waals surface area contributed by atoms with Crippen LogP contribution in [0.2, 0.25) is 0 Å². The van der Waals surface area contributed by atoms with Gasteiger partial charge in [0.15, 0.2) is 0 Å². The first-order valence-corrected chi connectivity index (χ1v) is 6.36. The van der Waals surface area contributed by atoms with Crippen LogP contribution < -0.4 is 10.2 Å². The highest BCUT2D eigenvalue weighted by atomic mass is 19.1. The van der Waals surface area contributed by atoms with Crippen LogP contribution in [0, 0.1) is 12.7 Å². The fraction of sp³-hybridized carbons (Fsp3) is 0.429. The molecule has 1 aliphatic heterocycles. The van der Waals surface area contributed by atoms with E-state index >= 15 is 0 Å². The van der Waals surface area contributed by atoms with Gasteiger partial charge in [-0.2, -0.15) is 0 Å². The number of hydrogen-bond acceptors (Lipinski definition) is 2. The maximum Gasteiger partial charge on any atom is 0.250 e. The Morgan fingerprint density at radius 2 is 2.05 bits per heavy atom. The van der Waals surface area contributed by atoms with Crippen molar-refractivity contribution >= 4 is 17.5 Å². The quantitative estimate of drug-likeness (QED) is 0.885.